The molecule has 27 heavy (non-hydrogen) atoms. The Morgan fingerprint density at radius 1 is 0.889 bits per heavy atom. The Morgan fingerprint density at radius 2 is 1.30 bits per heavy atom. The van der Waals surface area contributed by atoms with Crippen molar-refractivity contribution in [2.75, 3.05) is 6.61 Å². The molecule has 0 atom stereocenters. The first kappa shape index (κ1) is 27.2. The second-order valence-corrected chi connectivity index (χ2v) is 32.8. The number of rotatable bonds is 12. The summed E-state index contributed by atoms with van der Waals surface area (Å²) in [6, 6.07) is 1.17. The number of carbonyl (C=O) groups is 1. The van der Waals surface area contributed by atoms with E-state index >= 15 is 0 Å². The third-order valence-electron chi connectivity index (χ3n) is 4.29. The normalized spacial score (nSPS) is 14.2. The number of ether oxygens (including phenoxy) is 1. The van der Waals surface area contributed by atoms with Gasteiger partial charge in [0.15, 0.2) is 33.3 Å². The van der Waals surface area contributed by atoms with Crippen molar-refractivity contribution >= 4 is 48.8 Å². The third-order valence-corrected chi connectivity index (χ3v) is 30.0. The van der Waals surface area contributed by atoms with Gasteiger partial charge in [-0.2, -0.15) is 0 Å². The third kappa shape index (κ3) is 11.7. The molecular weight excluding hydrogens is 421 g/mol. The van der Waals surface area contributed by atoms with Gasteiger partial charge in [0, 0.05) is 15.1 Å². The van der Waals surface area contributed by atoms with Gasteiger partial charge in [0.1, 0.15) is 0 Å². The summed E-state index contributed by atoms with van der Waals surface area (Å²) < 4.78 is 18.9. The van der Waals surface area contributed by atoms with Crippen LogP contribution in [0.4, 0.5) is 0 Å². The van der Waals surface area contributed by atoms with Gasteiger partial charge in [0.2, 0.25) is 0 Å². The minimum absolute atomic E-state index is 0.276. The van der Waals surface area contributed by atoms with Gasteiger partial charge in [-0.05, 0) is 83.6 Å². The molecule has 0 aromatic carbocycles. The van der Waals surface area contributed by atoms with Crippen molar-refractivity contribution in [2.24, 2.45) is 0 Å². The summed E-state index contributed by atoms with van der Waals surface area (Å²) in [6.07, 6.45) is 0.941. The molecule has 0 aliphatic carbocycles. The number of esters is 1. The Hall–Kier alpha value is 0.214. The molecule has 0 unspecified atom stereocenters. The van der Waals surface area contributed by atoms with Gasteiger partial charge in [0.25, 0.3) is 0 Å². The molecule has 0 N–H and O–H groups in total. The van der Waals surface area contributed by atoms with Crippen LogP contribution in [0.5, 0.6) is 0 Å². The molecule has 0 fully saturated rings. The van der Waals surface area contributed by atoms with Crippen molar-refractivity contribution < 1.29 is 17.8 Å². The van der Waals surface area contributed by atoms with E-state index in [4.69, 9.17) is 13.0 Å². The summed E-state index contributed by atoms with van der Waals surface area (Å²) in [5.41, 5.74) is 0.472. The lowest BCUT2D eigenvalue weighted by atomic mass is 10.4. The van der Waals surface area contributed by atoms with Crippen LogP contribution in [-0.2, 0) is 17.8 Å². The molecule has 0 rings (SSSR count). The minimum atomic E-state index is -1.84. The summed E-state index contributed by atoms with van der Waals surface area (Å²) in [7, 11) is -7.25. The molecule has 0 amide bonds. The van der Waals surface area contributed by atoms with Crippen LogP contribution in [0.3, 0.4) is 0 Å². The Labute approximate surface area is 174 Å². The van der Waals surface area contributed by atoms with Gasteiger partial charge in [-0.15, -0.1) is 0 Å². The zero-order valence-electron chi connectivity index (χ0n) is 19.7. The molecular formula is C18H44O4Si5. The molecule has 9 heteroatoms. The minimum Gasteiger partial charge on any atom is -0.462 e. The van der Waals surface area contributed by atoms with Gasteiger partial charge in [0.05, 0.1) is 6.61 Å². The molecule has 160 valence electrons. The maximum absolute atomic E-state index is 11.5. The van der Waals surface area contributed by atoms with Gasteiger partial charge in [-0.1, -0.05) is 12.6 Å². The number of hydrogen-bond acceptors (Lipinski definition) is 4. The molecule has 0 aliphatic rings. The molecule has 0 bridgehead atoms. The van der Waals surface area contributed by atoms with Crippen LogP contribution >= 0.6 is 0 Å². The molecule has 0 aromatic rings. The summed E-state index contributed by atoms with van der Waals surface area (Å²) in [5.74, 6) is -0.276. The molecule has 0 aromatic heterocycles. The standard InChI is InChI=1S/C18H44O4Si5/c1-16(2)17(19)20-14-13-15-23-18(26(9,10)21-24(3,4)5)27(11,12)22-25(6,7)8/h18H,1,13-15,23H2,2-12H3. The van der Waals surface area contributed by atoms with Crippen LogP contribution in [0.1, 0.15) is 13.3 Å². The lowest BCUT2D eigenvalue weighted by Gasteiger charge is -2.46. The van der Waals surface area contributed by atoms with E-state index < -0.39 is 33.3 Å². The van der Waals surface area contributed by atoms with E-state index in [2.05, 4.69) is 72.0 Å². The molecule has 0 heterocycles. The van der Waals surface area contributed by atoms with E-state index in [0.717, 1.165) is 6.42 Å². The highest BCUT2D eigenvalue weighted by Crippen LogP contribution is 2.37. The van der Waals surface area contributed by atoms with E-state index in [1.165, 1.54) is 6.04 Å². The van der Waals surface area contributed by atoms with Crippen LogP contribution in [0.25, 0.3) is 0 Å². The molecule has 0 saturated carbocycles. The van der Waals surface area contributed by atoms with E-state index in [9.17, 15) is 4.79 Å². The fraction of sp³-hybridized carbons (Fsp3) is 0.833. The van der Waals surface area contributed by atoms with Crippen LogP contribution in [-0.4, -0.2) is 55.4 Å². The summed E-state index contributed by atoms with van der Waals surface area (Å²) in [4.78, 5) is 12.2. The SMILES string of the molecule is C=C(C)C(=O)OCCC[SiH2]C([Si](C)(C)O[Si](C)(C)C)[Si](C)(C)O[Si](C)(C)C. The average molecular weight is 465 g/mol. The van der Waals surface area contributed by atoms with Crippen molar-refractivity contribution in [1.29, 1.82) is 0 Å². The lowest BCUT2D eigenvalue weighted by molar-refractivity contribution is -0.138. The van der Waals surface area contributed by atoms with Crippen molar-refractivity contribution in [3.05, 3.63) is 12.2 Å². The van der Waals surface area contributed by atoms with E-state index in [0.29, 0.717) is 17.0 Å². The predicted molar refractivity (Wildman–Crippen MR) is 131 cm³/mol. The Bertz CT molecular complexity index is 479. The van der Waals surface area contributed by atoms with Crippen LogP contribution in [0.2, 0.25) is 76.3 Å². The fourth-order valence-corrected chi connectivity index (χ4v) is 34.7. The Morgan fingerprint density at radius 3 is 1.63 bits per heavy atom. The van der Waals surface area contributed by atoms with Gasteiger partial charge < -0.3 is 13.0 Å². The van der Waals surface area contributed by atoms with Gasteiger partial charge >= 0.3 is 5.97 Å². The fourth-order valence-electron chi connectivity index (χ4n) is 3.99. The maximum Gasteiger partial charge on any atom is 0.333 e. The van der Waals surface area contributed by atoms with Crippen molar-refractivity contribution in [1.82, 2.24) is 0 Å². The monoisotopic (exact) mass is 464 g/mol. The second-order valence-electron chi connectivity index (χ2n) is 10.6. The largest absolute Gasteiger partial charge is 0.462 e. The summed E-state index contributed by atoms with van der Waals surface area (Å²) in [5, 5.41) is 0. The highest BCUT2D eigenvalue weighted by atomic mass is 28.5. The zero-order valence-corrected chi connectivity index (χ0v) is 25.2. The van der Waals surface area contributed by atoms with E-state index in [1.807, 2.05) is 0 Å². The maximum atomic E-state index is 11.5. The van der Waals surface area contributed by atoms with E-state index in [1.54, 1.807) is 6.92 Å². The number of carbonyl (C=O) groups excluding carboxylic acids is 1. The Balaban J connectivity index is 5.15. The first-order valence-electron chi connectivity index (χ1n) is 10.1. The van der Waals surface area contributed by atoms with Crippen LogP contribution in [0, 0.1) is 0 Å². The first-order valence-corrected chi connectivity index (χ1v) is 24.7. The molecule has 4 nitrogen and oxygen atoms in total. The van der Waals surface area contributed by atoms with Crippen molar-refractivity contribution in [3.8, 4) is 0 Å². The average Bonchev–Trinajstić information content (AvgIpc) is 2.35. The van der Waals surface area contributed by atoms with E-state index in [-0.39, 0.29) is 15.5 Å². The number of hydrogen-bond donors (Lipinski definition) is 0. The molecule has 0 aliphatic heterocycles. The van der Waals surface area contributed by atoms with Gasteiger partial charge in [-0.3, -0.25) is 0 Å². The van der Waals surface area contributed by atoms with Crippen molar-refractivity contribution in [2.45, 2.75) is 89.6 Å². The topological polar surface area (TPSA) is 44.8 Å². The van der Waals surface area contributed by atoms with Crippen LogP contribution < -0.4 is 0 Å². The van der Waals surface area contributed by atoms with Crippen LogP contribution in [0.15, 0.2) is 12.2 Å². The smallest absolute Gasteiger partial charge is 0.333 e. The molecule has 0 spiro atoms. The summed E-state index contributed by atoms with van der Waals surface area (Å²) in [6.45, 7) is 29.2. The second kappa shape index (κ2) is 10.3. The van der Waals surface area contributed by atoms with Crippen molar-refractivity contribution in [3.63, 3.8) is 0 Å². The summed E-state index contributed by atoms with van der Waals surface area (Å²) >= 11 is 0. The highest BCUT2D eigenvalue weighted by molar-refractivity contribution is 7.05. The van der Waals surface area contributed by atoms with Gasteiger partial charge in [-0.25, -0.2) is 4.79 Å². The highest BCUT2D eigenvalue weighted by Gasteiger charge is 2.48. The lowest BCUT2D eigenvalue weighted by Crippen LogP contribution is -2.59. The first-order chi connectivity index (χ1) is 11.9. The predicted octanol–water partition coefficient (Wildman–Crippen LogP) is 5.06. The molecule has 0 saturated heterocycles. The Kier molecular flexibility index (Phi) is 10.4. The quantitative estimate of drug-likeness (QED) is 0.175. The zero-order chi connectivity index (χ0) is 21.7. The molecule has 0 radical (unpaired) electrons.